The van der Waals surface area contributed by atoms with Gasteiger partial charge >= 0.3 is 6.09 Å². The molecule has 2 heterocycles. The Balaban J connectivity index is 1.88. The van der Waals surface area contributed by atoms with Gasteiger partial charge in [-0.3, -0.25) is 4.79 Å². The van der Waals surface area contributed by atoms with Crippen molar-refractivity contribution in [1.82, 2.24) is 15.3 Å². The molecular weight excluding hydrogens is 298 g/mol. The second-order valence-electron chi connectivity index (χ2n) is 6.51. The van der Waals surface area contributed by atoms with Crippen LogP contribution in [0.5, 0.6) is 0 Å². The van der Waals surface area contributed by atoms with Gasteiger partial charge in [0.05, 0.1) is 0 Å². The Labute approximate surface area is 135 Å². The second kappa shape index (κ2) is 6.80. The summed E-state index contributed by atoms with van der Waals surface area (Å²) in [4.78, 5) is 33.3. The highest BCUT2D eigenvalue weighted by molar-refractivity contribution is 5.90. The van der Waals surface area contributed by atoms with Crippen molar-refractivity contribution < 1.29 is 14.3 Å². The number of hydrogen-bond acceptors (Lipinski definition) is 6. The molecular formula is C15H23N5O3. The molecule has 0 unspecified atom stereocenters. The SMILES string of the molecule is CC(C)(C)OC(=O)NC1CCN(c2nccc(C(N)=O)n2)CC1. The third kappa shape index (κ3) is 5.08. The molecule has 8 nitrogen and oxygen atoms in total. The molecule has 0 aromatic carbocycles. The molecule has 1 aromatic heterocycles. The molecule has 23 heavy (non-hydrogen) atoms. The van der Waals surface area contributed by atoms with Gasteiger partial charge in [-0.1, -0.05) is 0 Å². The van der Waals surface area contributed by atoms with Crippen LogP contribution < -0.4 is 16.0 Å². The summed E-state index contributed by atoms with van der Waals surface area (Å²) in [6.07, 6.45) is 2.63. The Kier molecular flexibility index (Phi) is 5.02. The summed E-state index contributed by atoms with van der Waals surface area (Å²) in [5, 5.41) is 2.87. The Morgan fingerprint density at radius 1 is 1.35 bits per heavy atom. The molecule has 0 atom stereocenters. The van der Waals surface area contributed by atoms with Gasteiger partial charge in [-0.15, -0.1) is 0 Å². The highest BCUT2D eigenvalue weighted by Gasteiger charge is 2.24. The number of aromatic nitrogens is 2. The van der Waals surface area contributed by atoms with Gasteiger partial charge in [0.1, 0.15) is 11.3 Å². The molecule has 0 spiro atoms. The summed E-state index contributed by atoms with van der Waals surface area (Å²) < 4.78 is 5.25. The second-order valence-corrected chi connectivity index (χ2v) is 6.51. The molecule has 2 amide bonds. The molecule has 1 fully saturated rings. The van der Waals surface area contributed by atoms with E-state index in [0.717, 1.165) is 12.8 Å². The fourth-order valence-corrected chi connectivity index (χ4v) is 2.34. The molecule has 126 valence electrons. The minimum atomic E-state index is -0.574. The van der Waals surface area contributed by atoms with Crippen LogP contribution in [-0.4, -0.2) is 46.7 Å². The lowest BCUT2D eigenvalue weighted by Gasteiger charge is -2.32. The first-order valence-electron chi connectivity index (χ1n) is 7.62. The van der Waals surface area contributed by atoms with Gasteiger partial charge in [0, 0.05) is 25.3 Å². The Hall–Kier alpha value is -2.38. The van der Waals surface area contributed by atoms with Crippen LogP contribution >= 0.6 is 0 Å². The summed E-state index contributed by atoms with van der Waals surface area (Å²) in [6, 6.07) is 1.54. The first kappa shape index (κ1) is 17.0. The van der Waals surface area contributed by atoms with Gasteiger partial charge in [0.2, 0.25) is 5.95 Å². The van der Waals surface area contributed by atoms with E-state index in [-0.39, 0.29) is 11.7 Å². The average molecular weight is 321 g/mol. The number of piperidine rings is 1. The van der Waals surface area contributed by atoms with Crippen LogP contribution in [0.1, 0.15) is 44.1 Å². The number of primary amides is 1. The lowest BCUT2D eigenvalue weighted by Crippen LogP contribution is -2.46. The predicted octanol–water partition coefficient (Wildman–Crippen LogP) is 1.07. The normalized spacial score (nSPS) is 16.0. The van der Waals surface area contributed by atoms with E-state index in [1.54, 1.807) is 0 Å². The molecule has 0 bridgehead atoms. The fourth-order valence-electron chi connectivity index (χ4n) is 2.34. The number of carbonyl (C=O) groups is 2. The minimum absolute atomic E-state index is 0.0559. The number of hydrogen-bond donors (Lipinski definition) is 2. The topological polar surface area (TPSA) is 110 Å². The smallest absolute Gasteiger partial charge is 0.407 e. The van der Waals surface area contributed by atoms with Gasteiger partial charge in [0.15, 0.2) is 0 Å². The third-order valence-corrected chi connectivity index (χ3v) is 3.39. The van der Waals surface area contributed by atoms with E-state index in [2.05, 4.69) is 15.3 Å². The zero-order valence-electron chi connectivity index (χ0n) is 13.7. The molecule has 8 heteroatoms. The monoisotopic (exact) mass is 321 g/mol. The molecule has 1 aromatic rings. The van der Waals surface area contributed by atoms with Crippen LogP contribution in [0.4, 0.5) is 10.7 Å². The first-order valence-corrected chi connectivity index (χ1v) is 7.62. The van der Waals surface area contributed by atoms with Crippen LogP contribution in [0, 0.1) is 0 Å². The van der Waals surface area contributed by atoms with Gasteiger partial charge in [-0.2, -0.15) is 0 Å². The number of rotatable bonds is 3. The van der Waals surface area contributed by atoms with Crippen LogP contribution in [0.3, 0.4) is 0 Å². The average Bonchev–Trinajstić information content (AvgIpc) is 2.46. The van der Waals surface area contributed by atoms with Gasteiger partial charge in [-0.25, -0.2) is 14.8 Å². The van der Waals surface area contributed by atoms with E-state index < -0.39 is 17.6 Å². The van der Waals surface area contributed by atoms with Crippen molar-refractivity contribution >= 4 is 17.9 Å². The number of carbonyl (C=O) groups excluding carboxylic acids is 2. The minimum Gasteiger partial charge on any atom is -0.444 e. The van der Waals surface area contributed by atoms with Crippen LogP contribution in [0.25, 0.3) is 0 Å². The zero-order chi connectivity index (χ0) is 17.0. The van der Waals surface area contributed by atoms with Gasteiger partial charge < -0.3 is 20.7 Å². The van der Waals surface area contributed by atoms with Crippen LogP contribution in [0.15, 0.2) is 12.3 Å². The summed E-state index contributed by atoms with van der Waals surface area (Å²) in [7, 11) is 0. The van der Waals surface area contributed by atoms with Gasteiger partial charge in [-0.05, 0) is 39.7 Å². The quantitative estimate of drug-likeness (QED) is 0.861. The summed E-state index contributed by atoms with van der Waals surface area (Å²) in [5.41, 5.74) is 4.92. The highest BCUT2D eigenvalue weighted by Crippen LogP contribution is 2.17. The number of nitrogens with two attached hydrogens (primary N) is 1. The standard InChI is InChI=1S/C15H23N5O3/c1-15(2,3)23-14(22)18-10-5-8-20(9-6-10)13-17-7-4-11(19-13)12(16)21/h4,7,10H,5-6,8-9H2,1-3H3,(H2,16,21)(H,18,22). The summed E-state index contributed by atoms with van der Waals surface area (Å²) in [6.45, 7) is 6.86. The lowest BCUT2D eigenvalue weighted by atomic mass is 10.1. The van der Waals surface area contributed by atoms with Gasteiger partial charge in [0.25, 0.3) is 5.91 Å². The van der Waals surface area contributed by atoms with E-state index in [1.807, 2.05) is 25.7 Å². The molecule has 2 rings (SSSR count). The van der Waals surface area contributed by atoms with E-state index in [0.29, 0.717) is 19.0 Å². The van der Waals surface area contributed by atoms with Crippen molar-refractivity contribution in [1.29, 1.82) is 0 Å². The lowest BCUT2D eigenvalue weighted by molar-refractivity contribution is 0.0497. The van der Waals surface area contributed by atoms with E-state index in [1.165, 1.54) is 12.3 Å². The maximum Gasteiger partial charge on any atom is 0.407 e. The zero-order valence-corrected chi connectivity index (χ0v) is 13.7. The largest absolute Gasteiger partial charge is 0.444 e. The van der Waals surface area contributed by atoms with Crippen molar-refractivity contribution in [2.24, 2.45) is 5.73 Å². The predicted molar refractivity (Wildman–Crippen MR) is 85.2 cm³/mol. The number of nitrogens with zero attached hydrogens (tertiary/aromatic N) is 3. The number of nitrogens with one attached hydrogen (secondary N) is 1. The van der Waals surface area contributed by atoms with E-state index in [4.69, 9.17) is 10.5 Å². The van der Waals surface area contributed by atoms with Crippen molar-refractivity contribution in [3.63, 3.8) is 0 Å². The first-order chi connectivity index (χ1) is 10.7. The molecule has 0 aliphatic carbocycles. The van der Waals surface area contributed by atoms with Crippen molar-refractivity contribution in [3.05, 3.63) is 18.0 Å². The number of anilines is 1. The molecule has 1 saturated heterocycles. The molecule has 0 saturated carbocycles. The van der Waals surface area contributed by atoms with Crippen molar-refractivity contribution in [2.45, 2.75) is 45.3 Å². The number of alkyl carbamates (subject to hydrolysis) is 1. The maximum absolute atomic E-state index is 11.8. The van der Waals surface area contributed by atoms with Crippen LogP contribution in [-0.2, 0) is 4.74 Å². The van der Waals surface area contributed by atoms with Crippen molar-refractivity contribution in [2.75, 3.05) is 18.0 Å². The maximum atomic E-state index is 11.8. The highest BCUT2D eigenvalue weighted by atomic mass is 16.6. The molecule has 1 aliphatic rings. The molecule has 0 radical (unpaired) electrons. The summed E-state index contributed by atoms with van der Waals surface area (Å²) in [5.74, 6) is -0.0906. The van der Waals surface area contributed by atoms with Crippen LogP contribution in [0.2, 0.25) is 0 Å². The van der Waals surface area contributed by atoms with Crippen molar-refractivity contribution in [3.8, 4) is 0 Å². The number of ether oxygens (including phenoxy) is 1. The summed E-state index contributed by atoms with van der Waals surface area (Å²) >= 11 is 0. The number of amides is 2. The Bertz CT molecular complexity index is 577. The Morgan fingerprint density at radius 2 is 2.00 bits per heavy atom. The van der Waals surface area contributed by atoms with E-state index in [9.17, 15) is 9.59 Å². The Morgan fingerprint density at radius 3 is 2.57 bits per heavy atom. The third-order valence-electron chi connectivity index (χ3n) is 3.39. The molecule has 3 N–H and O–H groups in total. The fraction of sp³-hybridized carbons (Fsp3) is 0.600. The molecule has 1 aliphatic heterocycles. The van der Waals surface area contributed by atoms with E-state index >= 15 is 0 Å².